The number of nitrogens with zero attached hydrogens (tertiary/aromatic N) is 1. The molecule has 4 nitrogen and oxygen atoms in total. The second kappa shape index (κ2) is 6.18. The van der Waals surface area contributed by atoms with E-state index in [0.29, 0.717) is 18.7 Å². The van der Waals surface area contributed by atoms with Crippen molar-refractivity contribution in [1.82, 2.24) is 4.90 Å². The molecule has 0 aromatic rings. The normalized spacial score (nSPS) is 9.36. The van der Waals surface area contributed by atoms with Gasteiger partial charge in [0.25, 0.3) is 0 Å². The molecule has 0 aromatic heterocycles. The summed E-state index contributed by atoms with van der Waals surface area (Å²) in [7, 11) is 0. The molecule has 0 fully saturated rings. The van der Waals surface area contributed by atoms with E-state index in [1.54, 1.807) is 6.92 Å². The first-order valence-electron chi connectivity index (χ1n) is 4.63. The van der Waals surface area contributed by atoms with E-state index in [1.165, 1.54) is 11.8 Å². The van der Waals surface area contributed by atoms with E-state index in [2.05, 4.69) is 6.58 Å². The molecule has 0 bridgehead atoms. The number of carbonyl (C=O) groups excluding carboxylic acids is 2. The first kappa shape index (κ1) is 12.7. The number of carbonyl (C=O) groups is 2. The summed E-state index contributed by atoms with van der Waals surface area (Å²) in [6.07, 6.45) is 0. The Labute approximate surface area is 84.5 Å². The summed E-state index contributed by atoms with van der Waals surface area (Å²) in [5.74, 6) is -0.509. The zero-order valence-corrected chi connectivity index (χ0v) is 9.00. The summed E-state index contributed by atoms with van der Waals surface area (Å²) in [4.78, 5) is 23.7. The molecule has 14 heavy (non-hydrogen) atoms. The molecule has 0 atom stereocenters. The monoisotopic (exact) mass is 199 g/mol. The fourth-order valence-electron chi connectivity index (χ4n) is 0.974. The van der Waals surface area contributed by atoms with Gasteiger partial charge in [-0.05, 0) is 13.8 Å². The lowest BCUT2D eigenvalue weighted by Gasteiger charge is -2.19. The Bertz CT molecular complexity index is 236. The largest absolute Gasteiger partial charge is 0.463 e. The van der Waals surface area contributed by atoms with Crippen LogP contribution in [0.15, 0.2) is 12.2 Å². The lowest BCUT2D eigenvalue weighted by Crippen LogP contribution is -2.32. The molecular formula is C10H17NO3. The maximum absolute atomic E-state index is 11.2. The Kier molecular flexibility index (Phi) is 5.60. The topological polar surface area (TPSA) is 46.6 Å². The number of esters is 1. The first-order chi connectivity index (χ1) is 6.52. The van der Waals surface area contributed by atoms with Gasteiger partial charge >= 0.3 is 5.97 Å². The molecule has 0 saturated carbocycles. The average molecular weight is 199 g/mol. The van der Waals surface area contributed by atoms with Crippen molar-refractivity contribution in [3.8, 4) is 0 Å². The molecule has 0 aliphatic heterocycles. The summed E-state index contributed by atoms with van der Waals surface area (Å²) in [6.45, 7) is 9.74. The maximum atomic E-state index is 11.2. The second-order valence-corrected chi connectivity index (χ2v) is 2.86. The van der Waals surface area contributed by atoms with Gasteiger partial charge in [0.05, 0.1) is 13.2 Å². The van der Waals surface area contributed by atoms with Gasteiger partial charge in [-0.1, -0.05) is 6.58 Å². The molecule has 1 amide bonds. The van der Waals surface area contributed by atoms with E-state index < -0.39 is 5.97 Å². The van der Waals surface area contributed by atoms with E-state index in [-0.39, 0.29) is 12.5 Å². The van der Waals surface area contributed by atoms with Crippen molar-refractivity contribution < 1.29 is 14.3 Å². The van der Waals surface area contributed by atoms with Crippen molar-refractivity contribution in [1.29, 1.82) is 0 Å². The Morgan fingerprint density at radius 2 is 1.93 bits per heavy atom. The van der Waals surface area contributed by atoms with Crippen LogP contribution in [0, 0.1) is 0 Å². The maximum Gasteiger partial charge on any atom is 0.335 e. The molecule has 4 heteroatoms. The van der Waals surface area contributed by atoms with Crippen molar-refractivity contribution in [3.05, 3.63) is 12.2 Å². The summed E-state index contributed by atoms with van der Waals surface area (Å²) >= 11 is 0. The Morgan fingerprint density at radius 3 is 2.29 bits per heavy atom. The van der Waals surface area contributed by atoms with Crippen LogP contribution in [0.2, 0.25) is 0 Å². The molecular weight excluding hydrogens is 182 g/mol. The molecule has 0 aliphatic carbocycles. The van der Waals surface area contributed by atoms with Crippen LogP contribution in [0.5, 0.6) is 0 Å². The SMILES string of the molecule is C=C(CN(CC)C(C)=O)C(=O)OCC. The summed E-state index contributed by atoms with van der Waals surface area (Å²) < 4.78 is 4.75. The predicted octanol–water partition coefficient (Wildman–Crippen LogP) is 0.974. The smallest absolute Gasteiger partial charge is 0.335 e. The second-order valence-electron chi connectivity index (χ2n) is 2.86. The Balaban J connectivity index is 4.15. The summed E-state index contributed by atoms with van der Waals surface area (Å²) in [5.41, 5.74) is 0.309. The zero-order valence-electron chi connectivity index (χ0n) is 9.00. The van der Waals surface area contributed by atoms with Gasteiger partial charge in [-0.3, -0.25) is 4.79 Å². The van der Waals surface area contributed by atoms with Crippen molar-refractivity contribution in [3.63, 3.8) is 0 Å². The van der Waals surface area contributed by atoms with Gasteiger partial charge < -0.3 is 9.64 Å². The van der Waals surface area contributed by atoms with Crippen molar-refractivity contribution in [2.45, 2.75) is 20.8 Å². The molecule has 80 valence electrons. The molecule has 0 N–H and O–H groups in total. The zero-order chi connectivity index (χ0) is 11.1. The number of rotatable bonds is 5. The lowest BCUT2D eigenvalue weighted by atomic mass is 10.3. The summed E-state index contributed by atoms with van der Waals surface area (Å²) in [5, 5.41) is 0. The van der Waals surface area contributed by atoms with Crippen LogP contribution in [0.25, 0.3) is 0 Å². The fraction of sp³-hybridized carbons (Fsp3) is 0.600. The quantitative estimate of drug-likeness (QED) is 0.489. The third kappa shape index (κ3) is 4.07. The van der Waals surface area contributed by atoms with Gasteiger partial charge in [-0.2, -0.15) is 0 Å². The lowest BCUT2D eigenvalue weighted by molar-refractivity contribution is -0.139. The fourth-order valence-corrected chi connectivity index (χ4v) is 0.974. The van der Waals surface area contributed by atoms with Gasteiger partial charge in [0.1, 0.15) is 0 Å². The molecule has 0 aliphatic rings. The predicted molar refractivity (Wildman–Crippen MR) is 53.7 cm³/mol. The van der Waals surface area contributed by atoms with Gasteiger partial charge in [-0.25, -0.2) is 4.79 Å². The molecule has 0 aromatic carbocycles. The van der Waals surface area contributed by atoms with E-state index in [0.717, 1.165) is 0 Å². The minimum atomic E-state index is -0.438. The van der Waals surface area contributed by atoms with Gasteiger partial charge in [0.15, 0.2) is 0 Å². The highest BCUT2D eigenvalue weighted by atomic mass is 16.5. The van der Waals surface area contributed by atoms with Crippen molar-refractivity contribution in [2.24, 2.45) is 0 Å². The molecule has 0 rings (SSSR count). The van der Waals surface area contributed by atoms with Gasteiger partial charge in [0, 0.05) is 19.0 Å². The van der Waals surface area contributed by atoms with Crippen LogP contribution in [-0.2, 0) is 14.3 Å². The summed E-state index contributed by atoms with van der Waals surface area (Å²) in [6, 6.07) is 0. The van der Waals surface area contributed by atoms with E-state index in [1.807, 2.05) is 6.92 Å². The van der Waals surface area contributed by atoms with E-state index in [9.17, 15) is 9.59 Å². The van der Waals surface area contributed by atoms with Crippen LogP contribution in [-0.4, -0.2) is 36.5 Å². The van der Waals surface area contributed by atoms with Gasteiger partial charge in [0.2, 0.25) is 5.91 Å². The minimum absolute atomic E-state index is 0.0713. The molecule has 0 heterocycles. The molecule has 0 radical (unpaired) electrons. The van der Waals surface area contributed by atoms with E-state index in [4.69, 9.17) is 4.74 Å². The van der Waals surface area contributed by atoms with Crippen molar-refractivity contribution in [2.75, 3.05) is 19.7 Å². The highest BCUT2D eigenvalue weighted by Crippen LogP contribution is 2.00. The van der Waals surface area contributed by atoms with Gasteiger partial charge in [-0.15, -0.1) is 0 Å². The van der Waals surface area contributed by atoms with Crippen LogP contribution in [0.3, 0.4) is 0 Å². The molecule has 0 unspecified atom stereocenters. The highest BCUT2D eigenvalue weighted by molar-refractivity contribution is 5.89. The number of ether oxygens (including phenoxy) is 1. The minimum Gasteiger partial charge on any atom is -0.463 e. The third-order valence-electron chi connectivity index (χ3n) is 1.77. The molecule has 0 saturated heterocycles. The number of hydrogen-bond donors (Lipinski definition) is 0. The standard InChI is InChI=1S/C10H17NO3/c1-5-11(9(4)12)7-8(3)10(13)14-6-2/h3,5-7H2,1-2,4H3. The van der Waals surface area contributed by atoms with Crippen LogP contribution in [0.4, 0.5) is 0 Å². The number of amides is 1. The Morgan fingerprint density at radius 1 is 1.36 bits per heavy atom. The number of likely N-dealkylation sites (N-methyl/N-ethyl adjacent to an activating group) is 1. The van der Waals surface area contributed by atoms with Crippen LogP contribution < -0.4 is 0 Å². The van der Waals surface area contributed by atoms with Crippen LogP contribution >= 0.6 is 0 Å². The highest BCUT2D eigenvalue weighted by Gasteiger charge is 2.13. The first-order valence-corrected chi connectivity index (χ1v) is 4.63. The van der Waals surface area contributed by atoms with E-state index >= 15 is 0 Å². The third-order valence-corrected chi connectivity index (χ3v) is 1.77. The Hall–Kier alpha value is -1.32. The average Bonchev–Trinajstić information content (AvgIpc) is 2.13. The molecule has 0 spiro atoms. The van der Waals surface area contributed by atoms with Crippen LogP contribution in [0.1, 0.15) is 20.8 Å². The number of hydrogen-bond acceptors (Lipinski definition) is 3. The van der Waals surface area contributed by atoms with Crippen molar-refractivity contribution >= 4 is 11.9 Å².